The van der Waals surface area contributed by atoms with E-state index in [9.17, 15) is 20.2 Å². The van der Waals surface area contributed by atoms with Crippen molar-refractivity contribution in [1.29, 1.82) is 0 Å². The molecule has 0 fully saturated rings. The number of fused-ring (bicyclic) bond motifs is 2. The van der Waals surface area contributed by atoms with Crippen LogP contribution in [0.15, 0.2) is 66.7 Å². The fourth-order valence-corrected chi connectivity index (χ4v) is 3.97. The number of para-hydroxylation sites is 2. The van der Waals surface area contributed by atoms with E-state index in [2.05, 4.69) is 32.6 Å². The van der Waals surface area contributed by atoms with Gasteiger partial charge in [-0.15, -0.1) is 0 Å². The van der Waals surface area contributed by atoms with Crippen LogP contribution >= 0.6 is 22.6 Å². The Balaban J connectivity index is 1.89. The molecule has 5 aromatic rings. The molecule has 0 atom stereocenters. The van der Waals surface area contributed by atoms with Crippen molar-refractivity contribution in [1.82, 2.24) is 19.5 Å². The number of hydrogen-bond acceptors (Lipinski definition) is 7. The predicted molar refractivity (Wildman–Crippen MR) is 126 cm³/mol. The molecule has 0 amide bonds. The molecule has 0 saturated carbocycles. The Morgan fingerprint density at radius 2 is 1.44 bits per heavy atom. The van der Waals surface area contributed by atoms with E-state index >= 15 is 0 Å². The summed E-state index contributed by atoms with van der Waals surface area (Å²) in [5, 5.41) is 22.8. The number of non-ortho nitro benzene ring substituents is 2. The summed E-state index contributed by atoms with van der Waals surface area (Å²) in [6.07, 6.45) is 0. The third kappa shape index (κ3) is 3.41. The summed E-state index contributed by atoms with van der Waals surface area (Å²) in [6, 6.07) is 18.3. The molecule has 10 nitrogen and oxygen atoms in total. The van der Waals surface area contributed by atoms with Crippen LogP contribution in [0.5, 0.6) is 0 Å². The van der Waals surface area contributed by atoms with Crippen LogP contribution in [0.25, 0.3) is 39.4 Å². The van der Waals surface area contributed by atoms with Crippen molar-refractivity contribution >= 4 is 56.3 Å². The first kappa shape index (κ1) is 19.9. The smallest absolute Gasteiger partial charge is 0.275 e. The van der Waals surface area contributed by atoms with Crippen molar-refractivity contribution in [3.8, 4) is 17.1 Å². The van der Waals surface area contributed by atoms with E-state index in [1.54, 1.807) is 4.57 Å². The first-order valence-electron chi connectivity index (χ1n) is 9.26. The maximum Gasteiger partial charge on any atom is 0.277 e. The monoisotopic (exact) mass is 538 g/mol. The Labute approximate surface area is 193 Å². The highest BCUT2D eigenvalue weighted by molar-refractivity contribution is 14.1. The third-order valence-electron chi connectivity index (χ3n) is 4.82. The third-order valence-corrected chi connectivity index (χ3v) is 5.49. The van der Waals surface area contributed by atoms with Gasteiger partial charge in [-0.2, -0.15) is 0 Å². The van der Waals surface area contributed by atoms with Gasteiger partial charge in [-0.25, -0.2) is 15.0 Å². The van der Waals surface area contributed by atoms with Gasteiger partial charge in [0.05, 0.1) is 32.6 Å². The van der Waals surface area contributed by atoms with E-state index in [4.69, 9.17) is 4.98 Å². The molecule has 0 unspecified atom stereocenters. The van der Waals surface area contributed by atoms with Crippen LogP contribution in [0.3, 0.4) is 0 Å². The molecule has 11 heteroatoms. The number of rotatable bonds is 4. The zero-order valence-corrected chi connectivity index (χ0v) is 18.2. The largest absolute Gasteiger partial charge is 0.277 e. The average molecular weight is 538 g/mol. The number of nitro benzene ring substituents is 2. The van der Waals surface area contributed by atoms with Crippen LogP contribution in [0.4, 0.5) is 11.4 Å². The quantitative estimate of drug-likeness (QED) is 0.178. The van der Waals surface area contributed by atoms with Gasteiger partial charge in [-0.3, -0.25) is 24.8 Å². The zero-order chi connectivity index (χ0) is 22.4. The van der Waals surface area contributed by atoms with Gasteiger partial charge >= 0.3 is 0 Å². The van der Waals surface area contributed by atoms with Gasteiger partial charge in [0.15, 0.2) is 11.3 Å². The molecule has 0 spiro atoms. The van der Waals surface area contributed by atoms with E-state index in [1.807, 2.05) is 48.5 Å². The van der Waals surface area contributed by atoms with Gasteiger partial charge in [0.2, 0.25) is 0 Å². The molecule has 0 aliphatic heterocycles. The van der Waals surface area contributed by atoms with E-state index in [0.717, 1.165) is 9.64 Å². The molecule has 2 aromatic heterocycles. The Hall–Kier alpha value is -4.00. The standard InChI is InChI=1S/C21H11IN6O4/c22-13-4-3-5-14(10-13)26-20(12-8-15(27(29)30)11-16(9-12)28(31)32)25-19-21(26)24-18-7-2-1-6-17(18)23-19/h1-11H. The van der Waals surface area contributed by atoms with Crippen molar-refractivity contribution < 1.29 is 9.85 Å². The molecular weight excluding hydrogens is 527 g/mol. The summed E-state index contributed by atoms with van der Waals surface area (Å²) in [5.74, 6) is 0.268. The fraction of sp³-hybridized carbons (Fsp3) is 0. The summed E-state index contributed by atoms with van der Waals surface area (Å²) in [4.78, 5) is 35.4. The Morgan fingerprint density at radius 3 is 2.06 bits per heavy atom. The SMILES string of the molecule is O=[N+]([O-])c1cc(-c2nc3nc4ccccc4nc3n2-c2cccc(I)c2)cc([N+](=O)[O-])c1. The summed E-state index contributed by atoms with van der Waals surface area (Å²) < 4.78 is 2.66. The first-order valence-corrected chi connectivity index (χ1v) is 10.3. The van der Waals surface area contributed by atoms with Gasteiger partial charge in [0.1, 0.15) is 5.82 Å². The number of benzene rings is 3. The molecule has 2 heterocycles. The lowest BCUT2D eigenvalue weighted by atomic mass is 10.1. The molecule has 0 N–H and O–H groups in total. The minimum absolute atomic E-state index is 0.216. The fourth-order valence-electron chi connectivity index (χ4n) is 3.45. The average Bonchev–Trinajstić information content (AvgIpc) is 3.15. The Morgan fingerprint density at radius 1 is 0.781 bits per heavy atom. The van der Waals surface area contributed by atoms with Gasteiger partial charge < -0.3 is 0 Å². The molecular formula is C21H11IN6O4. The second-order valence-electron chi connectivity index (χ2n) is 6.86. The summed E-state index contributed by atoms with van der Waals surface area (Å²) >= 11 is 2.17. The van der Waals surface area contributed by atoms with Crippen molar-refractivity contribution in [2.45, 2.75) is 0 Å². The maximum atomic E-state index is 11.4. The van der Waals surface area contributed by atoms with Crippen LogP contribution in [-0.4, -0.2) is 29.4 Å². The second-order valence-corrected chi connectivity index (χ2v) is 8.11. The van der Waals surface area contributed by atoms with Gasteiger partial charge in [-0.1, -0.05) is 18.2 Å². The van der Waals surface area contributed by atoms with E-state index in [0.29, 0.717) is 28.0 Å². The van der Waals surface area contributed by atoms with Gasteiger partial charge in [0, 0.05) is 21.3 Å². The number of imidazole rings is 1. The molecule has 0 saturated heterocycles. The Bertz CT molecular complexity index is 1530. The summed E-state index contributed by atoms with van der Waals surface area (Å²) in [6.45, 7) is 0. The molecule has 0 bridgehead atoms. The normalized spacial score (nSPS) is 11.2. The second kappa shape index (κ2) is 7.60. The predicted octanol–water partition coefficient (Wildman–Crippen LogP) is 5.06. The Kier molecular flexibility index (Phi) is 4.74. The highest BCUT2D eigenvalue weighted by atomic mass is 127. The molecule has 5 rings (SSSR count). The van der Waals surface area contributed by atoms with Crippen LogP contribution in [0.2, 0.25) is 0 Å². The molecule has 0 aliphatic rings. The van der Waals surface area contributed by atoms with Crippen molar-refractivity contribution in [3.05, 3.63) is 90.5 Å². The number of hydrogen-bond donors (Lipinski definition) is 0. The van der Waals surface area contributed by atoms with Crippen molar-refractivity contribution in [3.63, 3.8) is 0 Å². The highest BCUT2D eigenvalue weighted by Gasteiger charge is 2.23. The van der Waals surface area contributed by atoms with Crippen LogP contribution in [-0.2, 0) is 0 Å². The van der Waals surface area contributed by atoms with Crippen molar-refractivity contribution in [2.24, 2.45) is 0 Å². The topological polar surface area (TPSA) is 130 Å². The number of nitrogens with zero attached hydrogens (tertiary/aromatic N) is 6. The van der Waals surface area contributed by atoms with Gasteiger partial charge in [0.25, 0.3) is 11.4 Å². The van der Waals surface area contributed by atoms with Crippen LogP contribution < -0.4 is 0 Å². The number of halogens is 1. The summed E-state index contributed by atoms with van der Waals surface area (Å²) in [5.41, 5.74) is 2.18. The highest BCUT2D eigenvalue weighted by Crippen LogP contribution is 2.33. The van der Waals surface area contributed by atoms with E-state index in [1.165, 1.54) is 12.1 Å². The minimum Gasteiger partial charge on any atom is -0.275 e. The number of nitro groups is 2. The first-order chi connectivity index (χ1) is 15.4. The molecule has 0 radical (unpaired) electrons. The minimum atomic E-state index is -0.667. The van der Waals surface area contributed by atoms with E-state index in [-0.39, 0.29) is 11.4 Å². The molecule has 0 aliphatic carbocycles. The van der Waals surface area contributed by atoms with Crippen LogP contribution in [0, 0.1) is 23.8 Å². The van der Waals surface area contributed by atoms with Crippen LogP contribution in [0.1, 0.15) is 0 Å². The van der Waals surface area contributed by atoms with E-state index < -0.39 is 21.2 Å². The zero-order valence-electron chi connectivity index (χ0n) is 16.0. The lowest BCUT2D eigenvalue weighted by molar-refractivity contribution is -0.394. The molecule has 156 valence electrons. The lowest BCUT2D eigenvalue weighted by Gasteiger charge is -2.09. The molecule has 3 aromatic carbocycles. The van der Waals surface area contributed by atoms with Gasteiger partial charge in [-0.05, 0) is 52.9 Å². The maximum absolute atomic E-state index is 11.4. The lowest BCUT2D eigenvalue weighted by Crippen LogP contribution is -2.01. The summed E-state index contributed by atoms with van der Waals surface area (Å²) in [7, 11) is 0. The number of aromatic nitrogens is 4. The molecule has 32 heavy (non-hydrogen) atoms. The van der Waals surface area contributed by atoms with Crippen molar-refractivity contribution in [2.75, 3.05) is 0 Å².